The van der Waals surface area contributed by atoms with E-state index in [9.17, 15) is 0 Å². The van der Waals surface area contributed by atoms with Gasteiger partial charge in [-0.05, 0) is 207 Å². The SMILES string of the molecule is Cc1ccc(Oc2ccc(C)cc2)cc1.Cc1ccc(Oc2cccc(C)c2)cc1.Cc1ccc(Sc2ccc(C)cc2)cc1.Cc1ccc(Sc2cccc(C)c2)cc1.Cc1ccccc1CCc1ccccc1C. The molecule has 0 aliphatic heterocycles. The molecule has 386 valence electrons. The lowest BCUT2D eigenvalue weighted by Crippen LogP contribution is -1.95. The van der Waals surface area contributed by atoms with Crippen LogP contribution in [0.15, 0.2) is 262 Å². The Balaban J connectivity index is 0.000000154. The van der Waals surface area contributed by atoms with Gasteiger partial charge in [0.15, 0.2) is 0 Å². The van der Waals surface area contributed by atoms with Crippen LogP contribution in [0.5, 0.6) is 23.0 Å². The number of hydrogen-bond donors (Lipinski definition) is 0. The van der Waals surface area contributed by atoms with E-state index in [4.69, 9.17) is 9.47 Å². The lowest BCUT2D eigenvalue weighted by Gasteiger charge is -2.07. The van der Waals surface area contributed by atoms with E-state index in [1.54, 1.807) is 11.8 Å². The van der Waals surface area contributed by atoms with Gasteiger partial charge in [0.05, 0.1) is 0 Å². The summed E-state index contributed by atoms with van der Waals surface area (Å²) in [5.74, 6) is 3.53. The van der Waals surface area contributed by atoms with Gasteiger partial charge >= 0.3 is 0 Å². The third-order valence-electron chi connectivity index (χ3n) is 12.2. The zero-order valence-corrected chi connectivity index (χ0v) is 47.8. The van der Waals surface area contributed by atoms with Gasteiger partial charge in [0.25, 0.3) is 0 Å². The quantitative estimate of drug-likeness (QED) is 0.128. The van der Waals surface area contributed by atoms with Gasteiger partial charge in [0, 0.05) is 19.6 Å². The molecule has 0 aliphatic carbocycles. The fourth-order valence-corrected chi connectivity index (χ4v) is 9.34. The van der Waals surface area contributed by atoms with Crippen LogP contribution >= 0.6 is 23.5 Å². The fourth-order valence-electron chi connectivity index (χ4n) is 7.59. The van der Waals surface area contributed by atoms with Crippen LogP contribution in [0.2, 0.25) is 0 Å². The molecule has 4 heteroatoms. The Morgan fingerprint density at radius 3 is 0.882 bits per heavy atom. The van der Waals surface area contributed by atoms with E-state index in [-0.39, 0.29) is 0 Å². The van der Waals surface area contributed by atoms with E-state index in [1.165, 1.54) is 86.3 Å². The molecular weight excluding hydrogens is 961 g/mol. The third-order valence-corrected chi connectivity index (χ3v) is 14.2. The highest BCUT2D eigenvalue weighted by atomic mass is 32.2. The summed E-state index contributed by atoms with van der Waals surface area (Å²) in [6.07, 6.45) is 2.27. The lowest BCUT2D eigenvalue weighted by molar-refractivity contribution is 0.482. The highest BCUT2D eigenvalue weighted by Crippen LogP contribution is 2.30. The van der Waals surface area contributed by atoms with Gasteiger partial charge in [-0.15, -0.1) is 0 Å². The largest absolute Gasteiger partial charge is 0.457 e. The molecule has 0 bridgehead atoms. The van der Waals surface area contributed by atoms with Crippen LogP contribution in [0.4, 0.5) is 0 Å². The van der Waals surface area contributed by atoms with E-state index in [2.05, 4.69) is 221 Å². The second-order valence-corrected chi connectivity index (χ2v) is 21.6. The first-order chi connectivity index (χ1) is 36.7. The van der Waals surface area contributed by atoms with Gasteiger partial charge in [-0.2, -0.15) is 0 Å². The molecule has 0 spiro atoms. The van der Waals surface area contributed by atoms with Crippen LogP contribution < -0.4 is 9.47 Å². The van der Waals surface area contributed by atoms with Gasteiger partial charge in [-0.25, -0.2) is 0 Å². The van der Waals surface area contributed by atoms with Gasteiger partial charge < -0.3 is 9.47 Å². The maximum Gasteiger partial charge on any atom is 0.127 e. The van der Waals surface area contributed by atoms with Crippen LogP contribution in [0.3, 0.4) is 0 Å². The van der Waals surface area contributed by atoms with Crippen molar-refractivity contribution in [2.24, 2.45) is 0 Å². The first-order valence-electron chi connectivity index (χ1n) is 26.1. The minimum absolute atomic E-state index is 0.879. The van der Waals surface area contributed by atoms with Crippen LogP contribution in [-0.4, -0.2) is 0 Å². The predicted molar refractivity (Wildman–Crippen MR) is 328 cm³/mol. The second-order valence-electron chi connectivity index (χ2n) is 19.3. The molecule has 0 aliphatic rings. The predicted octanol–water partition coefficient (Wildman–Crippen LogP) is 21.2. The molecule has 10 aromatic carbocycles. The summed E-state index contributed by atoms with van der Waals surface area (Å²) in [6.45, 7) is 21.1. The monoisotopic (exact) mass is 1030 g/mol. The molecule has 2 nitrogen and oxygen atoms in total. The van der Waals surface area contributed by atoms with Gasteiger partial charge in [-0.3, -0.25) is 0 Å². The molecule has 10 rings (SSSR count). The first-order valence-corrected chi connectivity index (χ1v) is 27.7. The van der Waals surface area contributed by atoms with Crippen molar-refractivity contribution in [1.82, 2.24) is 0 Å². The summed E-state index contributed by atoms with van der Waals surface area (Å²) in [5, 5.41) is 0. The Labute approximate surface area is 464 Å². The van der Waals surface area contributed by atoms with Crippen molar-refractivity contribution in [3.8, 4) is 23.0 Å². The molecule has 0 saturated heterocycles. The maximum absolute atomic E-state index is 5.71. The third kappa shape index (κ3) is 21.4. The smallest absolute Gasteiger partial charge is 0.127 e. The summed E-state index contributed by atoms with van der Waals surface area (Å²) in [7, 11) is 0. The molecule has 10 aromatic rings. The maximum atomic E-state index is 5.71. The van der Waals surface area contributed by atoms with Gasteiger partial charge in [0.2, 0.25) is 0 Å². The second kappa shape index (κ2) is 30.8. The number of ether oxygens (including phenoxy) is 2. The van der Waals surface area contributed by atoms with Crippen molar-refractivity contribution in [2.45, 2.75) is 102 Å². The topological polar surface area (TPSA) is 18.5 Å². The van der Waals surface area contributed by atoms with Crippen molar-refractivity contribution < 1.29 is 9.47 Å². The molecule has 0 saturated carbocycles. The van der Waals surface area contributed by atoms with E-state index >= 15 is 0 Å². The Kier molecular flexibility index (Phi) is 23.4. The molecule has 0 atom stereocenters. The highest BCUT2D eigenvalue weighted by molar-refractivity contribution is 7.99. The molecule has 0 aromatic heterocycles. The van der Waals surface area contributed by atoms with Crippen molar-refractivity contribution >= 4 is 23.5 Å². The normalized spacial score (nSPS) is 10.2. The van der Waals surface area contributed by atoms with Crippen molar-refractivity contribution in [2.75, 3.05) is 0 Å². The van der Waals surface area contributed by atoms with E-state index < -0.39 is 0 Å². The van der Waals surface area contributed by atoms with Crippen molar-refractivity contribution in [3.05, 3.63) is 309 Å². The molecular formula is C72H74O2S2. The van der Waals surface area contributed by atoms with E-state index in [1.807, 2.05) is 103 Å². The number of rotatable bonds is 11. The van der Waals surface area contributed by atoms with Crippen LogP contribution in [0.1, 0.15) is 66.8 Å². The van der Waals surface area contributed by atoms with Crippen LogP contribution in [0, 0.1) is 69.2 Å². The van der Waals surface area contributed by atoms with Crippen LogP contribution in [0.25, 0.3) is 0 Å². The summed E-state index contributed by atoms with van der Waals surface area (Å²) in [6, 6.07) is 84.0. The molecule has 0 unspecified atom stereocenters. The lowest BCUT2D eigenvalue weighted by atomic mass is 9.98. The molecule has 0 fully saturated rings. The summed E-state index contributed by atoms with van der Waals surface area (Å²) >= 11 is 3.62. The summed E-state index contributed by atoms with van der Waals surface area (Å²) in [4.78, 5) is 5.19. The standard InChI is InChI=1S/C16H18.2C14H14O.2C14H14S/c1-13-7-3-5-9-15(13)11-12-16-10-6-4-8-14(16)2;1-11-3-7-13(8-4-11)15-14-9-5-12(2)6-10-14;1-11-6-8-13(9-7-11)15-14-5-3-4-12(2)10-14;1-11-3-7-13(8-4-11)15-14-9-5-12(2)6-10-14;1-11-6-8-13(9-7-11)15-14-5-3-4-12(2)10-14/h3-10H,11-12H2,1-2H3;4*3-10H,1-2H3. The number of hydrogen-bond acceptors (Lipinski definition) is 4. The Morgan fingerprint density at radius 1 is 0.237 bits per heavy atom. The minimum Gasteiger partial charge on any atom is -0.457 e. The average Bonchev–Trinajstić information content (AvgIpc) is 3.41. The Bertz CT molecular complexity index is 2940. The molecule has 0 N–H and O–H groups in total. The summed E-state index contributed by atoms with van der Waals surface area (Å²) in [5.41, 5.74) is 15.9. The Morgan fingerprint density at radius 2 is 0.539 bits per heavy atom. The highest BCUT2D eigenvalue weighted by Gasteiger charge is 2.02. The first kappa shape index (κ1) is 57.8. The average molecular weight is 1040 g/mol. The zero-order chi connectivity index (χ0) is 54.1. The molecule has 0 amide bonds. The fraction of sp³-hybridized carbons (Fsp3) is 0.167. The minimum atomic E-state index is 0.879. The van der Waals surface area contributed by atoms with E-state index in [0.717, 1.165) is 35.8 Å². The number of aryl methyl sites for hydroxylation is 12. The van der Waals surface area contributed by atoms with Crippen molar-refractivity contribution in [1.29, 1.82) is 0 Å². The Hall–Kier alpha value is -7.50. The number of benzene rings is 10. The van der Waals surface area contributed by atoms with Gasteiger partial charge in [0.1, 0.15) is 23.0 Å². The van der Waals surface area contributed by atoms with Gasteiger partial charge in [-0.1, -0.05) is 208 Å². The summed E-state index contributed by atoms with van der Waals surface area (Å²) < 4.78 is 11.4. The van der Waals surface area contributed by atoms with Crippen LogP contribution in [-0.2, 0) is 12.8 Å². The molecule has 0 radical (unpaired) electrons. The van der Waals surface area contributed by atoms with E-state index in [0.29, 0.717) is 0 Å². The zero-order valence-electron chi connectivity index (χ0n) is 46.1. The van der Waals surface area contributed by atoms with Crippen molar-refractivity contribution in [3.63, 3.8) is 0 Å². The molecule has 0 heterocycles. The molecule has 76 heavy (non-hydrogen) atoms.